The molecule has 0 fully saturated rings. The molecule has 2 aliphatic rings. The molecule has 2 nitrogen and oxygen atoms in total. The van der Waals surface area contributed by atoms with Crippen molar-refractivity contribution < 1.29 is 9.84 Å². The number of phenols is 1. The largest absolute Gasteiger partial charge is 0.508 e. The van der Waals surface area contributed by atoms with E-state index in [1.807, 2.05) is 12.1 Å². The average Bonchev–Trinajstić information content (AvgIpc) is 2.89. The van der Waals surface area contributed by atoms with Gasteiger partial charge >= 0.3 is 0 Å². The Balaban J connectivity index is 1.71. The van der Waals surface area contributed by atoms with Gasteiger partial charge in [0.2, 0.25) is 0 Å². The molecule has 0 bridgehead atoms. The zero-order chi connectivity index (χ0) is 15.3. The Kier molecular flexibility index (Phi) is 2.97. The molecular formula is C20H22O2. The van der Waals surface area contributed by atoms with E-state index in [9.17, 15) is 5.11 Å². The Hall–Kier alpha value is -1.96. The molecule has 114 valence electrons. The summed E-state index contributed by atoms with van der Waals surface area (Å²) in [5.41, 5.74) is 5.99. The van der Waals surface area contributed by atoms with Crippen molar-refractivity contribution in [2.45, 2.75) is 38.5 Å². The molecule has 2 heteroatoms. The quantitative estimate of drug-likeness (QED) is 0.852. The van der Waals surface area contributed by atoms with E-state index in [0.717, 1.165) is 25.0 Å². The first-order chi connectivity index (χ1) is 10.6. The second kappa shape index (κ2) is 4.77. The Morgan fingerprint density at radius 1 is 1.05 bits per heavy atom. The van der Waals surface area contributed by atoms with Crippen molar-refractivity contribution in [3.8, 4) is 11.5 Å². The summed E-state index contributed by atoms with van der Waals surface area (Å²) in [5, 5.41) is 9.75. The number of benzene rings is 2. The monoisotopic (exact) mass is 294 g/mol. The third kappa shape index (κ3) is 1.93. The van der Waals surface area contributed by atoms with Gasteiger partial charge in [-0.3, -0.25) is 0 Å². The van der Waals surface area contributed by atoms with Crippen LogP contribution in [0.25, 0.3) is 0 Å². The second-order valence-corrected chi connectivity index (χ2v) is 6.96. The molecule has 0 aromatic heterocycles. The van der Waals surface area contributed by atoms with Gasteiger partial charge in [0.25, 0.3) is 0 Å². The molecule has 2 aromatic rings. The highest BCUT2D eigenvalue weighted by molar-refractivity contribution is 5.45. The minimum atomic E-state index is 0.317. The molecule has 2 aromatic carbocycles. The van der Waals surface area contributed by atoms with Gasteiger partial charge in [0.05, 0.1) is 7.11 Å². The summed E-state index contributed by atoms with van der Waals surface area (Å²) < 4.78 is 5.37. The number of fused-ring (bicyclic) bond motifs is 2. The predicted molar refractivity (Wildman–Crippen MR) is 87.7 cm³/mol. The van der Waals surface area contributed by atoms with E-state index in [1.165, 1.54) is 28.7 Å². The zero-order valence-corrected chi connectivity index (χ0v) is 13.2. The zero-order valence-electron chi connectivity index (χ0n) is 13.2. The molecule has 2 atom stereocenters. The summed E-state index contributed by atoms with van der Waals surface area (Å²) in [4.78, 5) is 0. The number of hydrogen-bond donors (Lipinski definition) is 1. The smallest absolute Gasteiger partial charge is 0.119 e. The normalized spacial score (nSPS) is 25.8. The van der Waals surface area contributed by atoms with E-state index in [1.54, 1.807) is 7.11 Å². The molecule has 22 heavy (non-hydrogen) atoms. The van der Waals surface area contributed by atoms with Crippen LogP contribution in [0.2, 0.25) is 0 Å². The van der Waals surface area contributed by atoms with Crippen molar-refractivity contribution in [3.05, 3.63) is 58.7 Å². The van der Waals surface area contributed by atoms with Gasteiger partial charge in [0.15, 0.2) is 0 Å². The summed E-state index contributed by atoms with van der Waals surface area (Å²) in [6.45, 7) is 2.37. The fraction of sp³-hybridized carbons (Fsp3) is 0.400. The summed E-state index contributed by atoms with van der Waals surface area (Å²) >= 11 is 0. The van der Waals surface area contributed by atoms with Crippen molar-refractivity contribution >= 4 is 0 Å². The van der Waals surface area contributed by atoms with Crippen LogP contribution in [0.4, 0.5) is 0 Å². The number of ether oxygens (including phenoxy) is 1. The average molecular weight is 294 g/mol. The van der Waals surface area contributed by atoms with Gasteiger partial charge < -0.3 is 9.84 Å². The van der Waals surface area contributed by atoms with Gasteiger partial charge in [-0.25, -0.2) is 0 Å². The van der Waals surface area contributed by atoms with Gasteiger partial charge in [0, 0.05) is 0 Å². The van der Waals surface area contributed by atoms with Crippen molar-refractivity contribution in [2.24, 2.45) is 5.41 Å². The third-order valence-corrected chi connectivity index (χ3v) is 5.90. The number of methoxy groups -OCH3 is 1. The van der Waals surface area contributed by atoms with Crippen LogP contribution < -0.4 is 4.74 Å². The van der Waals surface area contributed by atoms with Gasteiger partial charge in [-0.2, -0.15) is 0 Å². The number of rotatable bonds is 1. The van der Waals surface area contributed by atoms with Gasteiger partial charge in [0.1, 0.15) is 11.5 Å². The molecule has 0 aliphatic heterocycles. The molecule has 0 heterocycles. The van der Waals surface area contributed by atoms with Crippen LogP contribution in [0.3, 0.4) is 0 Å². The van der Waals surface area contributed by atoms with E-state index in [4.69, 9.17) is 4.74 Å². The Labute approximate surface area is 131 Å². The molecule has 0 amide bonds. The fourth-order valence-electron chi connectivity index (χ4n) is 4.53. The Bertz CT molecular complexity index is 734. The van der Waals surface area contributed by atoms with Crippen LogP contribution >= 0.6 is 0 Å². The number of hydrogen-bond acceptors (Lipinski definition) is 2. The topological polar surface area (TPSA) is 29.5 Å². The summed E-state index contributed by atoms with van der Waals surface area (Å²) in [7, 11) is 1.73. The first kappa shape index (κ1) is 13.7. The lowest BCUT2D eigenvalue weighted by atomic mass is 9.63. The highest BCUT2D eigenvalue weighted by atomic mass is 16.5. The van der Waals surface area contributed by atoms with E-state index in [-0.39, 0.29) is 0 Å². The Morgan fingerprint density at radius 2 is 1.86 bits per heavy atom. The molecule has 4 rings (SSSR count). The molecule has 2 aliphatic carbocycles. The first-order valence-electron chi connectivity index (χ1n) is 8.09. The standard InChI is InChI=1S/C20H22O2/c1-13-19-6-5-18(22-2)10-14(19)7-8-20(13)11-15-3-4-17(21)9-16(15)12-20/h3-6,9-10,13,21H,7-8,11-12H2,1-2H3. The Morgan fingerprint density at radius 3 is 2.68 bits per heavy atom. The molecule has 0 saturated carbocycles. The van der Waals surface area contributed by atoms with Gasteiger partial charge in [-0.05, 0) is 83.5 Å². The van der Waals surface area contributed by atoms with Crippen LogP contribution in [-0.4, -0.2) is 12.2 Å². The number of phenolic OH excluding ortho intramolecular Hbond substituents is 1. The summed E-state index contributed by atoms with van der Waals surface area (Å²) in [6.07, 6.45) is 4.55. The molecule has 1 N–H and O–H groups in total. The van der Waals surface area contributed by atoms with Crippen LogP contribution in [-0.2, 0) is 19.3 Å². The minimum absolute atomic E-state index is 0.317. The molecular weight excluding hydrogens is 272 g/mol. The molecule has 2 unspecified atom stereocenters. The fourth-order valence-corrected chi connectivity index (χ4v) is 4.53. The van der Waals surface area contributed by atoms with E-state index in [2.05, 4.69) is 31.2 Å². The maximum Gasteiger partial charge on any atom is 0.119 e. The SMILES string of the molecule is COc1ccc2c(c1)CCC1(Cc3ccc(O)cc3C1)C2C. The summed E-state index contributed by atoms with van der Waals surface area (Å²) in [6, 6.07) is 12.4. The highest BCUT2D eigenvalue weighted by Crippen LogP contribution is 2.53. The van der Waals surface area contributed by atoms with Crippen molar-refractivity contribution in [1.82, 2.24) is 0 Å². The third-order valence-electron chi connectivity index (χ3n) is 5.90. The maximum absolute atomic E-state index is 9.75. The van der Waals surface area contributed by atoms with Crippen LogP contribution in [0, 0.1) is 5.41 Å². The second-order valence-electron chi connectivity index (χ2n) is 6.96. The lowest BCUT2D eigenvalue weighted by Crippen LogP contribution is -2.33. The van der Waals surface area contributed by atoms with E-state index >= 15 is 0 Å². The maximum atomic E-state index is 9.75. The van der Waals surface area contributed by atoms with Crippen LogP contribution in [0.1, 0.15) is 41.5 Å². The van der Waals surface area contributed by atoms with Crippen LogP contribution in [0.5, 0.6) is 11.5 Å². The van der Waals surface area contributed by atoms with Crippen molar-refractivity contribution in [3.63, 3.8) is 0 Å². The van der Waals surface area contributed by atoms with E-state index < -0.39 is 0 Å². The number of aryl methyl sites for hydroxylation is 1. The molecule has 0 radical (unpaired) electrons. The van der Waals surface area contributed by atoms with Gasteiger partial charge in [-0.1, -0.05) is 19.1 Å². The van der Waals surface area contributed by atoms with Gasteiger partial charge in [-0.15, -0.1) is 0 Å². The number of aromatic hydroxyl groups is 1. The summed E-state index contributed by atoms with van der Waals surface area (Å²) in [5.74, 6) is 1.89. The van der Waals surface area contributed by atoms with Crippen molar-refractivity contribution in [1.29, 1.82) is 0 Å². The minimum Gasteiger partial charge on any atom is -0.508 e. The first-order valence-corrected chi connectivity index (χ1v) is 8.09. The van der Waals surface area contributed by atoms with Crippen LogP contribution in [0.15, 0.2) is 36.4 Å². The molecule has 1 spiro atoms. The lowest BCUT2D eigenvalue weighted by molar-refractivity contribution is 0.211. The van der Waals surface area contributed by atoms with Crippen molar-refractivity contribution in [2.75, 3.05) is 7.11 Å². The molecule has 0 saturated heterocycles. The predicted octanol–water partition coefficient (Wildman–Crippen LogP) is 4.24. The lowest BCUT2D eigenvalue weighted by Gasteiger charge is -2.41. The van der Waals surface area contributed by atoms with E-state index in [0.29, 0.717) is 17.1 Å². The highest BCUT2D eigenvalue weighted by Gasteiger charge is 2.44.